The lowest BCUT2D eigenvalue weighted by atomic mass is 9.95. The van der Waals surface area contributed by atoms with Gasteiger partial charge in [-0.1, -0.05) is 59.2 Å². The Balaban J connectivity index is 0.000000265. The van der Waals surface area contributed by atoms with Crippen LogP contribution in [-0.2, 0) is 27.2 Å². The van der Waals surface area contributed by atoms with E-state index < -0.39 is 17.9 Å². The topological polar surface area (TPSA) is 216 Å². The predicted molar refractivity (Wildman–Crippen MR) is 175 cm³/mol. The second-order valence-corrected chi connectivity index (χ2v) is 11.5. The lowest BCUT2D eigenvalue weighted by Gasteiger charge is -2.37. The van der Waals surface area contributed by atoms with E-state index in [4.69, 9.17) is 15.3 Å². The van der Waals surface area contributed by atoms with Crippen molar-refractivity contribution in [2.24, 2.45) is 0 Å². The smallest absolute Gasteiger partial charge is 0.309 e. The number of carboxylic acids is 3. The van der Waals surface area contributed by atoms with Crippen molar-refractivity contribution in [3.8, 4) is 28.7 Å². The van der Waals surface area contributed by atoms with Crippen LogP contribution in [0, 0.1) is 6.92 Å². The maximum Gasteiger partial charge on any atom is 0.309 e. The Kier molecular flexibility index (Phi) is 12.8. The molecule has 0 atom stereocenters. The molecule has 0 aliphatic carbocycles. The first-order valence-electron chi connectivity index (χ1n) is 15.1. The molecule has 7 N–H and O–H groups in total. The van der Waals surface area contributed by atoms with Crippen molar-refractivity contribution in [1.29, 1.82) is 0 Å². The minimum atomic E-state index is -0.996. The standard InChI is InChI=1S/C21H20O5.C15H19NO6/c1-12-6-15(8-13-2-4-17(22)10-19(13)24)21(26)16(7-12)9-14-3-5-18(23)11-20(14)25;17-13(18)6-9-16(10-7-14(19)20,11-8-15(21)22)12-4-2-1-3-5-12/h2-7,10-11,22-26H,8-9H2,1H3;1-5H,6-11H2,(H2-,17,18,19,20,21,22). The van der Waals surface area contributed by atoms with E-state index in [9.17, 15) is 39.9 Å². The first-order valence-corrected chi connectivity index (χ1v) is 15.1. The number of quaternary nitrogens is 1. The number of aliphatic carboxylic acids is 3. The van der Waals surface area contributed by atoms with Crippen LogP contribution in [0.3, 0.4) is 0 Å². The number of carbonyl (C=O) groups is 3. The number of para-hydroxylation sites is 1. The van der Waals surface area contributed by atoms with E-state index in [1.54, 1.807) is 54.6 Å². The summed E-state index contributed by atoms with van der Waals surface area (Å²) < 4.78 is 0.0335. The number of rotatable bonds is 14. The highest BCUT2D eigenvalue weighted by molar-refractivity contribution is 5.70. The maximum atomic E-state index is 12.8. The summed E-state index contributed by atoms with van der Waals surface area (Å²) in [7, 11) is 0. The molecule has 0 saturated carbocycles. The first-order chi connectivity index (χ1) is 22.7. The Labute approximate surface area is 277 Å². The molecule has 12 nitrogen and oxygen atoms in total. The Hall–Kier alpha value is -5.75. The zero-order chi connectivity index (χ0) is 35.4. The van der Waals surface area contributed by atoms with Gasteiger partial charge in [-0.15, -0.1) is 5.75 Å². The lowest BCUT2D eigenvalue weighted by molar-refractivity contribution is -0.270. The summed E-state index contributed by atoms with van der Waals surface area (Å²) in [6.45, 7) is 2.33. The summed E-state index contributed by atoms with van der Waals surface area (Å²) >= 11 is 0. The first kappa shape index (κ1) is 36.7. The molecule has 0 radical (unpaired) electrons. The van der Waals surface area contributed by atoms with Gasteiger partial charge in [-0.05, 0) is 42.3 Å². The maximum absolute atomic E-state index is 12.8. The summed E-state index contributed by atoms with van der Waals surface area (Å²) in [4.78, 5) is 32.7. The van der Waals surface area contributed by atoms with Crippen molar-refractivity contribution < 1.29 is 55.2 Å². The number of nitrogens with zero attached hydrogens (tertiary/aromatic N) is 1. The molecule has 4 aromatic rings. The van der Waals surface area contributed by atoms with E-state index in [2.05, 4.69) is 0 Å². The average molecular weight is 662 g/mol. The molecule has 4 aromatic carbocycles. The van der Waals surface area contributed by atoms with Gasteiger partial charge >= 0.3 is 17.9 Å². The van der Waals surface area contributed by atoms with Gasteiger partial charge in [0.15, 0.2) is 0 Å². The Morgan fingerprint density at radius 1 is 0.583 bits per heavy atom. The molecule has 0 aliphatic heterocycles. The molecule has 0 aromatic heterocycles. The van der Waals surface area contributed by atoms with Gasteiger partial charge in [0, 0.05) is 25.0 Å². The van der Waals surface area contributed by atoms with Crippen molar-refractivity contribution in [2.45, 2.75) is 39.0 Å². The normalized spacial score (nSPS) is 10.9. The summed E-state index contributed by atoms with van der Waals surface area (Å²) in [5.41, 5.74) is 3.77. The van der Waals surface area contributed by atoms with Gasteiger partial charge in [-0.25, -0.2) is 0 Å². The second kappa shape index (κ2) is 16.7. The molecule has 0 spiro atoms. The molecule has 254 valence electrons. The molecule has 0 amide bonds. The lowest BCUT2D eigenvalue weighted by Crippen LogP contribution is -2.53. The van der Waals surface area contributed by atoms with E-state index in [1.807, 2.05) is 6.92 Å². The van der Waals surface area contributed by atoms with Crippen LogP contribution < -0.4 is 9.59 Å². The van der Waals surface area contributed by atoms with Gasteiger partial charge in [0.25, 0.3) is 0 Å². The largest absolute Gasteiger partial charge is 0.872 e. The number of hydrogen-bond donors (Lipinski definition) is 7. The molecular weight excluding hydrogens is 622 g/mol. The van der Waals surface area contributed by atoms with E-state index in [0.29, 0.717) is 22.3 Å². The quantitative estimate of drug-likeness (QED) is 0.0934. The highest BCUT2D eigenvalue weighted by Crippen LogP contribution is 2.33. The van der Waals surface area contributed by atoms with Crippen LogP contribution in [0.1, 0.15) is 47.1 Å². The molecule has 0 heterocycles. The zero-order valence-electron chi connectivity index (χ0n) is 26.4. The van der Waals surface area contributed by atoms with Crippen LogP contribution in [0.5, 0.6) is 28.7 Å². The SMILES string of the molecule is Cc1cc(Cc2ccc(O)cc2O)c([O-])c(Cc2ccc(O)cc2O)c1.O=C(O)CC[N+](CCC(=O)O)(CCC(=O)O)c1ccccc1. The van der Waals surface area contributed by atoms with Gasteiger partial charge in [0.2, 0.25) is 0 Å². The highest BCUT2D eigenvalue weighted by Gasteiger charge is 2.32. The third kappa shape index (κ3) is 10.7. The number of aryl methyl sites for hydroxylation is 1. The summed E-state index contributed by atoms with van der Waals surface area (Å²) in [5, 5.41) is 78.3. The van der Waals surface area contributed by atoms with E-state index in [1.165, 1.54) is 24.3 Å². The van der Waals surface area contributed by atoms with Crippen molar-refractivity contribution in [3.63, 3.8) is 0 Å². The fourth-order valence-electron chi connectivity index (χ4n) is 5.40. The Morgan fingerprint density at radius 3 is 1.33 bits per heavy atom. The number of aromatic hydroxyl groups is 4. The minimum absolute atomic E-state index is 0.0335. The van der Waals surface area contributed by atoms with Gasteiger partial charge in [-0.3, -0.25) is 18.9 Å². The fraction of sp³-hybridized carbons (Fsp3) is 0.250. The number of phenols is 4. The number of phenolic OH excluding ortho intramolecular Hbond substituents is 4. The number of benzene rings is 4. The van der Waals surface area contributed by atoms with Crippen molar-refractivity contribution in [2.75, 3.05) is 19.6 Å². The molecule has 0 aliphatic rings. The third-order valence-corrected chi connectivity index (χ3v) is 7.85. The van der Waals surface area contributed by atoms with Crippen LogP contribution in [-0.4, -0.2) is 73.3 Å². The monoisotopic (exact) mass is 661 g/mol. The van der Waals surface area contributed by atoms with Crippen LogP contribution in [0.2, 0.25) is 0 Å². The van der Waals surface area contributed by atoms with E-state index >= 15 is 0 Å². The third-order valence-electron chi connectivity index (χ3n) is 7.85. The second-order valence-electron chi connectivity index (χ2n) is 11.5. The Morgan fingerprint density at radius 2 is 0.979 bits per heavy atom. The molecule has 0 fully saturated rings. The molecular formula is C36H39NO11. The molecule has 0 unspecified atom stereocenters. The Bertz CT molecular complexity index is 1620. The van der Waals surface area contributed by atoms with Crippen LogP contribution >= 0.6 is 0 Å². The van der Waals surface area contributed by atoms with Crippen molar-refractivity contribution >= 4 is 23.6 Å². The minimum Gasteiger partial charge on any atom is -0.872 e. The van der Waals surface area contributed by atoms with E-state index in [-0.39, 0.29) is 85.0 Å². The molecule has 0 saturated heterocycles. The van der Waals surface area contributed by atoms with Gasteiger partial charge < -0.3 is 40.9 Å². The number of carboxylic acid groups (broad SMARTS) is 3. The molecule has 0 bridgehead atoms. The van der Waals surface area contributed by atoms with Gasteiger partial charge in [0.1, 0.15) is 28.7 Å². The van der Waals surface area contributed by atoms with Crippen LogP contribution in [0.25, 0.3) is 0 Å². The summed E-state index contributed by atoms with van der Waals surface area (Å²) in [6.07, 6.45) is -0.00122. The molecule has 4 rings (SSSR count). The molecule has 12 heteroatoms. The highest BCUT2D eigenvalue weighted by atomic mass is 16.4. The fourth-order valence-corrected chi connectivity index (χ4v) is 5.40. The van der Waals surface area contributed by atoms with Crippen molar-refractivity contribution in [3.05, 3.63) is 107 Å². The van der Waals surface area contributed by atoms with Crippen LogP contribution in [0.15, 0.2) is 78.9 Å². The summed E-state index contributed by atoms with van der Waals surface area (Å²) in [6, 6.07) is 21.0. The number of hydrogen-bond acceptors (Lipinski definition) is 8. The predicted octanol–water partition coefficient (Wildman–Crippen LogP) is 4.49. The summed E-state index contributed by atoms with van der Waals surface area (Å²) in [5.74, 6) is -3.36. The average Bonchev–Trinajstić information content (AvgIpc) is 3.02. The zero-order valence-corrected chi connectivity index (χ0v) is 26.4. The van der Waals surface area contributed by atoms with Crippen molar-refractivity contribution in [1.82, 2.24) is 4.48 Å². The van der Waals surface area contributed by atoms with Gasteiger partial charge in [-0.2, -0.15) is 0 Å². The van der Waals surface area contributed by atoms with Crippen LogP contribution in [0.4, 0.5) is 5.69 Å². The molecule has 48 heavy (non-hydrogen) atoms. The van der Waals surface area contributed by atoms with E-state index in [0.717, 1.165) is 11.3 Å². The van der Waals surface area contributed by atoms with Gasteiger partial charge in [0.05, 0.1) is 38.9 Å².